The highest BCUT2D eigenvalue weighted by Crippen LogP contribution is 2.24. The molecule has 0 fully saturated rings. The third-order valence-electron chi connectivity index (χ3n) is 4.76. The number of thiocarbonyl (C=S) groups is 1. The van der Waals surface area contributed by atoms with Gasteiger partial charge in [0.05, 0.1) is 11.1 Å². The number of benzene rings is 2. The van der Waals surface area contributed by atoms with Crippen molar-refractivity contribution in [2.75, 3.05) is 23.7 Å². The molecule has 29 heavy (non-hydrogen) atoms. The van der Waals surface area contributed by atoms with Crippen molar-refractivity contribution in [3.8, 4) is 6.07 Å². The zero-order valence-corrected chi connectivity index (χ0v) is 17.8. The third-order valence-corrected chi connectivity index (χ3v) is 5.00. The maximum atomic E-state index is 9.51. The van der Waals surface area contributed by atoms with Gasteiger partial charge in [-0.2, -0.15) is 5.26 Å². The van der Waals surface area contributed by atoms with E-state index in [2.05, 4.69) is 46.1 Å². The summed E-state index contributed by atoms with van der Waals surface area (Å²) in [5, 5.41) is 20.8. The van der Waals surface area contributed by atoms with E-state index in [9.17, 15) is 5.26 Å². The average molecular weight is 404 g/mol. The first-order valence-corrected chi connectivity index (χ1v) is 10.1. The highest BCUT2D eigenvalue weighted by Gasteiger charge is 2.09. The van der Waals surface area contributed by atoms with E-state index in [1.54, 1.807) is 0 Å². The summed E-state index contributed by atoms with van der Waals surface area (Å²) in [4.78, 5) is 4.66. The highest BCUT2D eigenvalue weighted by atomic mass is 32.1. The number of rotatable bonds is 6. The lowest BCUT2D eigenvalue weighted by Crippen LogP contribution is -2.32. The largest absolute Gasteiger partial charge is 0.367 e. The predicted molar refractivity (Wildman–Crippen MR) is 124 cm³/mol. The van der Waals surface area contributed by atoms with Crippen molar-refractivity contribution in [3.63, 3.8) is 0 Å². The van der Waals surface area contributed by atoms with Gasteiger partial charge in [-0.1, -0.05) is 31.2 Å². The first-order chi connectivity index (χ1) is 14.0. The Morgan fingerprint density at radius 2 is 1.93 bits per heavy atom. The minimum atomic E-state index is 0.544. The lowest BCUT2D eigenvalue weighted by Gasteiger charge is -2.14. The molecule has 0 unspecified atom stereocenters. The van der Waals surface area contributed by atoms with Gasteiger partial charge in [0, 0.05) is 24.2 Å². The predicted octanol–water partition coefficient (Wildman–Crippen LogP) is 4.68. The fourth-order valence-electron chi connectivity index (χ4n) is 3.32. The summed E-state index contributed by atoms with van der Waals surface area (Å²) < 4.78 is 0. The molecule has 0 aliphatic heterocycles. The number of hydrogen-bond donors (Lipinski definition) is 3. The van der Waals surface area contributed by atoms with Gasteiger partial charge in [-0.05, 0) is 67.4 Å². The molecule has 1 heterocycles. The molecule has 1 aromatic heterocycles. The molecule has 2 aromatic carbocycles. The number of pyridine rings is 1. The molecule has 0 amide bonds. The number of nitriles is 1. The van der Waals surface area contributed by atoms with E-state index in [0.29, 0.717) is 29.6 Å². The standard InChI is InChI=1S/C23H25N5S/c1-4-17-7-5-6-8-20(17)28-23(29)26-10-9-25-22-18(14-24)13-19-16(3)11-15(2)12-21(19)27-22/h5-8,11-13H,4,9-10H2,1-3H3,(H,25,27)(H2,26,28,29). The van der Waals surface area contributed by atoms with Crippen LogP contribution >= 0.6 is 12.2 Å². The van der Waals surface area contributed by atoms with Crippen LogP contribution in [0, 0.1) is 25.2 Å². The third kappa shape index (κ3) is 5.01. The average Bonchev–Trinajstić information content (AvgIpc) is 2.71. The maximum Gasteiger partial charge on any atom is 0.170 e. The van der Waals surface area contributed by atoms with Crippen LogP contribution in [0.5, 0.6) is 0 Å². The summed E-state index contributed by atoms with van der Waals surface area (Å²) in [5.74, 6) is 0.599. The normalized spacial score (nSPS) is 10.4. The summed E-state index contributed by atoms with van der Waals surface area (Å²) in [7, 11) is 0. The molecule has 0 spiro atoms. The van der Waals surface area contributed by atoms with Crippen LogP contribution in [0.2, 0.25) is 0 Å². The molecule has 3 N–H and O–H groups in total. The van der Waals surface area contributed by atoms with Crippen molar-refractivity contribution in [3.05, 3.63) is 64.7 Å². The van der Waals surface area contributed by atoms with Crippen molar-refractivity contribution in [1.82, 2.24) is 10.3 Å². The Labute approximate surface area is 177 Å². The molecule has 0 bridgehead atoms. The van der Waals surface area contributed by atoms with Crippen LogP contribution in [0.25, 0.3) is 10.9 Å². The monoisotopic (exact) mass is 403 g/mol. The summed E-state index contributed by atoms with van der Waals surface area (Å²) in [6, 6.07) is 16.4. The smallest absolute Gasteiger partial charge is 0.170 e. The molecule has 3 rings (SSSR count). The number of nitrogens with zero attached hydrogens (tertiary/aromatic N) is 2. The SMILES string of the molecule is CCc1ccccc1NC(=S)NCCNc1nc2cc(C)cc(C)c2cc1C#N. The number of aromatic nitrogens is 1. The lowest BCUT2D eigenvalue weighted by molar-refractivity contribution is 0.910. The van der Waals surface area contributed by atoms with Crippen LogP contribution in [-0.2, 0) is 6.42 Å². The fraction of sp³-hybridized carbons (Fsp3) is 0.261. The molecule has 148 valence electrons. The number of aryl methyl sites for hydroxylation is 3. The van der Waals surface area contributed by atoms with Gasteiger partial charge in [-0.3, -0.25) is 0 Å². The Morgan fingerprint density at radius 1 is 1.14 bits per heavy atom. The van der Waals surface area contributed by atoms with Crippen molar-refractivity contribution in [1.29, 1.82) is 5.26 Å². The Bertz CT molecular complexity index is 1080. The second-order valence-corrected chi connectivity index (χ2v) is 7.37. The zero-order valence-electron chi connectivity index (χ0n) is 17.0. The van der Waals surface area contributed by atoms with E-state index >= 15 is 0 Å². The van der Waals surface area contributed by atoms with Gasteiger partial charge in [-0.15, -0.1) is 0 Å². The van der Waals surface area contributed by atoms with Crippen LogP contribution < -0.4 is 16.0 Å². The van der Waals surface area contributed by atoms with Crippen LogP contribution in [-0.4, -0.2) is 23.2 Å². The number of hydrogen-bond acceptors (Lipinski definition) is 4. The molecule has 6 heteroatoms. The molecular formula is C23H25N5S. The highest BCUT2D eigenvalue weighted by molar-refractivity contribution is 7.80. The Kier molecular flexibility index (Phi) is 6.63. The number of anilines is 2. The fourth-order valence-corrected chi connectivity index (χ4v) is 3.54. The molecule has 0 saturated heterocycles. The van der Waals surface area contributed by atoms with E-state index in [-0.39, 0.29) is 0 Å². The first-order valence-electron chi connectivity index (χ1n) is 9.70. The quantitative estimate of drug-likeness (QED) is 0.410. The molecule has 3 aromatic rings. The molecule has 0 aliphatic carbocycles. The molecule has 5 nitrogen and oxygen atoms in total. The minimum Gasteiger partial charge on any atom is -0.367 e. The lowest BCUT2D eigenvalue weighted by atomic mass is 10.0. The second-order valence-electron chi connectivity index (χ2n) is 6.96. The van der Waals surface area contributed by atoms with Crippen molar-refractivity contribution in [2.24, 2.45) is 0 Å². The Hall–Kier alpha value is -3.17. The summed E-state index contributed by atoms with van der Waals surface area (Å²) in [5.41, 5.74) is 5.96. The van der Waals surface area contributed by atoms with Gasteiger partial charge in [0.25, 0.3) is 0 Å². The summed E-state index contributed by atoms with van der Waals surface area (Å²) in [6.07, 6.45) is 0.941. The molecular weight excluding hydrogens is 378 g/mol. The van der Waals surface area contributed by atoms with E-state index < -0.39 is 0 Å². The van der Waals surface area contributed by atoms with Gasteiger partial charge < -0.3 is 16.0 Å². The number of para-hydroxylation sites is 1. The van der Waals surface area contributed by atoms with E-state index in [1.165, 1.54) is 5.56 Å². The van der Waals surface area contributed by atoms with Crippen molar-refractivity contribution >= 4 is 39.7 Å². The number of nitrogens with one attached hydrogen (secondary N) is 3. The van der Waals surface area contributed by atoms with Crippen LogP contribution in [0.3, 0.4) is 0 Å². The molecule has 0 saturated carbocycles. The van der Waals surface area contributed by atoms with Gasteiger partial charge in [0.15, 0.2) is 5.11 Å². The molecule has 0 radical (unpaired) electrons. The van der Waals surface area contributed by atoms with E-state index in [4.69, 9.17) is 12.2 Å². The second kappa shape index (κ2) is 9.35. The van der Waals surface area contributed by atoms with Crippen molar-refractivity contribution < 1.29 is 0 Å². The topological polar surface area (TPSA) is 72.8 Å². The van der Waals surface area contributed by atoms with Gasteiger partial charge >= 0.3 is 0 Å². The minimum absolute atomic E-state index is 0.544. The van der Waals surface area contributed by atoms with Crippen LogP contribution in [0.15, 0.2) is 42.5 Å². The van der Waals surface area contributed by atoms with Gasteiger partial charge in [-0.25, -0.2) is 4.98 Å². The summed E-state index contributed by atoms with van der Waals surface area (Å²) >= 11 is 5.40. The van der Waals surface area contributed by atoms with Gasteiger partial charge in [0.1, 0.15) is 11.9 Å². The van der Waals surface area contributed by atoms with Crippen LogP contribution in [0.4, 0.5) is 11.5 Å². The van der Waals surface area contributed by atoms with Crippen molar-refractivity contribution in [2.45, 2.75) is 27.2 Å². The maximum absolute atomic E-state index is 9.51. The molecule has 0 aliphatic rings. The Morgan fingerprint density at radius 3 is 2.69 bits per heavy atom. The molecule has 0 atom stereocenters. The zero-order chi connectivity index (χ0) is 20.8. The van der Waals surface area contributed by atoms with E-state index in [0.717, 1.165) is 34.1 Å². The number of fused-ring (bicyclic) bond motifs is 1. The van der Waals surface area contributed by atoms with E-state index in [1.807, 2.05) is 44.2 Å². The van der Waals surface area contributed by atoms with Gasteiger partial charge in [0.2, 0.25) is 0 Å². The van der Waals surface area contributed by atoms with Crippen LogP contribution in [0.1, 0.15) is 29.2 Å². The Balaban J connectivity index is 1.61. The first kappa shape index (κ1) is 20.6. The summed E-state index contributed by atoms with van der Waals surface area (Å²) in [6.45, 7) is 7.41.